The van der Waals surface area contributed by atoms with Crippen LogP contribution in [0.2, 0.25) is 5.02 Å². The standard InChI is InChI=1S/C22H16BrClN2/c23-18-12-6-4-10-16(18)20-21(24)17-11-5-7-13-19(17)26-22(20)25-14-15-8-2-1-3-9-15/h1-13H,14H2,(H,25,26). The van der Waals surface area contributed by atoms with Crippen LogP contribution in [0.4, 0.5) is 5.82 Å². The second-order valence-electron chi connectivity index (χ2n) is 5.99. The Balaban J connectivity index is 1.87. The molecule has 0 saturated carbocycles. The van der Waals surface area contributed by atoms with Crippen LogP contribution in [0, 0.1) is 0 Å². The first kappa shape index (κ1) is 17.1. The van der Waals surface area contributed by atoms with Gasteiger partial charge in [0.1, 0.15) is 5.82 Å². The van der Waals surface area contributed by atoms with Gasteiger partial charge in [0.2, 0.25) is 0 Å². The third-order valence-corrected chi connectivity index (χ3v) is 5.36. The third-order valence-electron chi connectivity index (χ3n) is 4.28. The Kier molecular flexibility index (Phi) is 4.91. The molecule has 1 aromatic heterocycles. The molecule has 4 heteroatoms. The topological polar surface area (TPSA) is 24.9 Å². The molecule has 0 amide bonds. The molecule has 0 fully saturated rings. The van der Waals surface area contributed by atoms with Gasteiger partial charge in [-0.05, 0) is 17.7 Å². The fraction of sp³-hybridized carbons (Fsp3) is 0.0455. The molecule has 3 aromatic carbocycles. The molecule has 0 saturated heterocycles. The highest BCUT2D eigenvalue weighted by atomic mass is 79.9. The van der Waals surface area contributed by atoms with E-state index >= 15 is 0 Å². The van der Waals surface area contributed by atoms with Gasteiger partial charge in [-0.3, -0.25) is 0 Å². The largest absolute Gasteiger partial charge is 0.365 e. The molecule has 2 nitrogen and oxygen atoms in total. The number of anilines is 1. The van der Waals surface area contributed by atoms with Crippen molar-refractivity contribution in [3.8, 4) is 11.1 Å². The number of pyridine rings is 1. The zero-order chi connectivity index (χ0) is 17.9. The molecular formula is C22H16BrClN2. The summed E-state index contributed by atoms with van der Waals surface area (Å²) in [6.07, 6.45) is 0. The maximum Gasteiger partial charge on any atom is 0.136 e. The Morgan fingerprint density at radius 2 is 1.54 bits per heavy atom. The van der Waals surface area contributed by atoms with Crippen LogP contribution >= 0.6 is 27.5 Å². The van der Waals surface area contributed by atoms with E-state index < -0.39 is 0 Å². The zero-order valence-electron chi connectivity index (χ0n) is 13.9. The minimum atomic E-state index is 0.681. The fourth-order valence-corrected chi connectivity index (χ4v) is 3.83. The van der Waals surface area contributed by atoms with Crippen molar-refractivity contribution in [3.05, 3.63) is 93.9 Å². The van der Waals surface area contributed by atoms with Crippen molar-refractivity contribution in [3.63, 3.8) is 0 Å². The van der Waals surface area contributed by atoms with Crippen molar-refractivity contribution in [1.29, 1.82) is 0 Å². The third kappa shape index (κ3) is 3.33. The predicted molar refractivity (Wildman–Crippen MR) is 114 cm³/mol. The van der Waals surface area contributed by atoms with Gasteiger partial charge in [-0.15, -0.1) is 0 Å². The van der Waals surface area contributed by atoms with E-state index in [9.17, 15) is 0 Å². The van der Waals surface area contributed by atoms with Crippen molar-refractivity contribution in [2.45, 2.75) is 6.54 Å². The van der Waals surface area contributed by atoms with E-state index in [0.717, 1.165) is 32.3 Å². The number of para-hydroxylation sites is 1. The first-order chi connectivity index (χ1) is 12.7. The van der Waals surface area contributed by atoms with Crippen LogP contribution in [0.25, 0.3) is 22.0 Å². The molecule has 0 aliphatic heterocycles. The molecule has 0 atom stereocenters. The molecule has 0 aliphatic rings. The molecule has 4 aromatic rings. The minimum absolute atomic E-state index is 0.681. The highest BCUT2D eigenvalue weighted by molar-refractivity contribution is 9.10. The van der Waals surface area contributed by atoms with Gasteiger partial charge >= 0.3 is 0 Å². The molecule has 0 bridgehead atoms. The van der Waals surface area contributed by atoms with Crippen molar-refractivity contribution >= 4 is 44.3 Å². The lowest BCUT2D eigenvalue weighted by Gasteiger charge is -2.16. The van der Waals surface area contributed by atoms with E-state index in [1.54, 1.807) is 0 Å². The van der Waals surface area contributed by atoms with Crippen LogP contribution in [-0.2, 0) is 6.54 Å². The van der Waals surface area contributed by atoms with Gasteiger partial charge in [-0.1, -0.05) is 94.3 Å². The molecular weight excluding hydrogens is 408 g/mol. The average molecular weight is 424 g/mol. The highest BCUT2D eigenvalue weighted by Crippen LogP contribution is 2.41. The van der Waals surface area contributed by atoms with Crippen LogP contribution < -0.4 is 5.32 Å². The summed E-state index contributed by atoms with van der Waals surface area (Å²) in [6, 6.07) is 26.3. The lowest BCUT2D eigenvalue weighted by Crippen LogP contribution is -2.04. The zero-order valence-corrected chi connectivity index (χ0v) is 16.3. The normalized spacial score (nSPS) is 10.8. The number of aromatic nitrogens is 1. The van der Waals surface area contributed by atoms with Gasteiger partial charge in [0.15, 0.2) is 0 Å². The van der Waals surface area contributed by atoms with Gasteiger partial charge < -0.3 is 5.32 Å². The maximum atomic E-state index is 6.83. The van der Waals surface area contributed by atoms with E-state index in [4.69, 9.17) is 16.6 Å². The number of nitrogens with one attached hydrogen (secondary N) is 1. The molecule has 4 rings (SSSR count). The van der Waals surface area contributed by atoms with Crippen molar-refractivity contribution in [1.82, 2.24) is 4.98 Å². The van der Waals surface area contributed by atoms with Crippen LogP contribution in [0.15, 0.2) is 83.3 Å². The van der Waals surface area contributed by atoms with E-state index in [2.05, 4.69) is 39.4 Å². The van der Waals surface area contributed by atoms with Crippen LogP contribution in [0.5, 0.6) is 0 Å². The van der Waals surface area contributed by atoms with E-state index in [-0.39, 0.29) is 0 Å². The highest BCUT2D eigenvalue weighted by Gasteiger charge is 2.17. The molecule has 0 aliphatic carbocycles. The number of hydrogen-bond donors (Lipinski definition) is 1. The molecule has 128 valence electrons. The van der Waals surface area contributed by atoms with Gasteiger partial charge in [0.05, 0.1) is 10.5 Å². The Morgan fingerprint density at radius 3 is 2.35 bits per heavy atom. The Bertz CT molecular complexity index is 1060. The number of rotatable bonds is 4. The van der Waals surface area contributed by atoms with Crippen LogP contribution in [0.1, 0.15) is 5.56 Å². The number of nitrogens with zero attached hydrogens (tertiary/aromatic N) is 1. The quantitative estimate of drug-likeness (QED) is 0.385. The minimum Gasteiger partial charge on any atom is -0.365 e. The second-order valence-corrected chi connectivity index (χ2v) is 7.22. The monoisotopic (exact) mass is 422 g/mol. The molecule has 1 N–H and O–H groups in total. The van der Waals surface area contributed by atoms with Gasteiger partial charge in [0.25, 0.3) is 0 Å². The van der Waals surface area contributed by atoms with Gasteiger partial charge in [0, 0.05) is 27.5 Å². The summed E-state index contributed by atoms with van der Waals surface area (Å²) in [7, 11) is 0. The summed E-state index contributed by atoms with van der Waals surface area (Å²) < 4.78 is 0.988. The predicted octanol–water partition coefficient (Wildman–Crippen LogP) is 6.93. The Labute approximate surface area is 166 Å². The fourth-order valence-electron chi connectivity index (χ4n) is 2.99. The van der Waals surface area contributed by atoms with Crippen LogP contribution in [0.3, 0.4) is 0 Å². The van der Waals surface area contributed by atoms with Gasteiger partial charge in [-0.2, -0.15) is 0 Å². The summed E-state index contributed by atoms with van der Waals surface area (Å²) in [4.78, 5) is 4.85. The molecule has 0 unspecified atom stereocenters. The first-order valence-electron chi connectivity index (χ1n) is 8.35. The van der Waals surface area contributed by atoms with E-state index in [0.29, 0.717) is 11.6 Å². The molecule has 1 heterocycles. The Morgan fingerprint density at radius 1 is 0.846 bits per heavy atom. The lowest BCUT2D eigenvalue weighted by molar-refractivity contribution is 1.12. The maximum absolute atomic E-state index is 6.83. The van der Waals surface area contributed by atoms with Crippen LogP contribution in [-0.4, -0.2) is 4.98 Å². The first-order valence-corrected chi connectivity index (χ1v) is 9.52. The number of fused-ring (bicyclic) bond motifs is 1. The smallest absolute Gasteiger partial charge is 0.136 e. The SMILES string of the molecule is Clc1c(-c2ccccc2Br)c(NCc2ccccc2)nc2ccccc12. The van der Waals surface area contributed by atoms with Gasteiger partial charge in [-0.25, -0.2) is 4.98 Å². The van der Waals surface area contributed by atoms with Crippen molar-refractivity contribution < 1.29 is 0 Å². The van der Waals surface area contributed by atoms with Crippen molar-refractivity contribution in [2.24, 2.45) is 0 Å². The summed E-state index contributed by atoms with van der Waals surface area (Å²) in [5, 5.41) is 5.13. The number of benzene rings is 3. The summed E-state index contributed by atoms with van der Waals surface area (Å²) in [5.41, 5.74) is 4.00. The lowest BCUT2D eigenvalue weighted by atomic mass is 10.0. The van der Waals surface area contributed by atoms with E-state index in [1.165, 1.54) is 5.56 Å². The molecule has 0 radical (unpaired) electrons. The van der Waals surface area contributed by atoms with Crippen molar-refractivity contribution in [2.75, 3.05) is 5.32 Å². The average Bonchev–Trinajstić information content (AvgIpc) is 2.68. The summed E-state index contributed by atoms with van der Waals surface area (Å²) in [5.74, 6) is 0.782. The summed E-state index contributed by atoms with van der Waals surface area (Å²) in [6.45, 7) is 0.681. The molecule has 0 spiro atoms. The number of hydrogen-bond acceptors (Lipinski definition) is 2. The second kappa shape index (κ2) is 7.48. The summed E-state index contributed by atoms with van der Waals surface area (Å²) >= 11 is 10.5. The Hall–Kier alpha value is -2.36. The number of halogens is 2. The molecule has 26 heavy (non-hydrogen) atoms. The van der Waals surface area contributed by atoms with E-state index in [1.807, 2.05) is 60.7 Å².